The van der Waals surface area contributed by atoms with E-state index >= 15 is 0 Å². The van der Waals surface area contributed by atoms with E-state index in [9.17, 15) is 9.90 Å². The molecule has 2 aromatic rings. The predicted molar refractivity (Wildman–Crippen MR) is 134 cm³/mol. The number of benzene rings is 2. The van der Waals surface area contributed by atoms with Crippen molar-refractivity contribution in [1.29, 1.82) is 0 Å². The lowest BCUT2D eigenvalue weighted by atomic mass is 9.85. The molecule has 1 unspecified atom stereocenters. The highest BCUT2D eigenvalue weighted by Gasteiger charge is 2.42. The third kappa shape index (κ3) is 5.89. The van der Waals surface area contributed by atoms with Crippen LogP contribution in [0.4, 0.5) is 0 Å². The van der Waals surface area contributed by atoms with Crippen LogP contribution in [0.1, 0.15) is 67.5 Å². The standard InChI is InChI=1S/C28H40N2O3/c1-7-13-30(14-9-11-21-10-8-12-22(16-21)33-6)18-24(31)29-27-25-23(17-28(27,4)5)19(2)15-20(3)26(25)32/h8,10,12,15-16,27,32H,7,9,11,13-14,17-18H2,1-6H3,(H,29,31). The molecule has 0 radical (unpaired) electrons. The van der Waals surface area contributed by atoms with Crippen molar-refractivity contribution in [3.05, 3.63) is 58.1 Å². The lowest BCUT2D eigenvalue weighted by Crippen LogP contribution is -2.42. The molecular formula is C28H40N2O3. The monoisotopic (exact) mass is 452 g/mol. The fourth-order valence-corrected chi connectivity index (χ4v) is 5.14. The molecule has 1 aliphatic rings. The van der Waals surface area contributed by atoms with Crippen LogP contribution in [0.5, 0.6) is 11.5 Å². The van der Waals surface area contributed by atoms with Gasteiger partial charge in [0.15, 0.2) is 0 Å². The number of phenols is 1. The first-order chi connectivity index (χ1) is 15.7. The Morgan fingerprint density at radius 2 is 1.97 bits per heavy atom. The van der Waals surface area contributed by atoms with Gasteiger partial charge in [0.25, 0.3) is 0 Å². The fraction of sp³-hybridized carbons (Fsp3) is 0.536. The summed E-state index contributed by atoms with van der Waals surface area (Å²) in [5.41, 5.74) is 5.25. The number of carbonyl (C=O) groups is 1. The Bertz CT molecular complexity index is 983. The fourth-order valence-electron chi connectivity index (χ4n) is 5.14. The Morgan fingerprint density at radius 1 is 1.21 bits per heavy atom. The van der Waals surface area contributed by atoms with Crippen LogP contribution in [-0.2, 0) is 17.6 Å². The van der Waals surface area contributed by atoms with E-state index in [-0.39, 0.29) is 17.4 Å². The molecule has 0 fully saturated rings. The number of methoxy groups -OCH3 is 1. The molecule has 1 atom stereocenters. The number of amides is 1. The third-order valence-corrected chi connectivity index (χ3v) is 6.85. The van der Waals surface area contributed by atoms with Crippen LogP contribution in [0.25, 0.3) is 0 Å². The zero-order valence-electron chi connectivity index (χ0n) is 21.1. The van der Waals surface area contributed by atoms with E-state index in [1.165, 1.54) is 16.7 Å². The van der Waals surface area contributed by atoms with Gasteiger partial charge in [0.2, 0.25) is 5.91 Å². The van der Waals surface area contributed by atoms with E-state index in [4.69, 9.17) is 4.74 Å². The summed E-state index contributed by atoms with van der Waals surface area (Å²) in [4.78, 5) is 15.4. The molecule has 3 rings (SSSR count). The number of rotatable bonds is 10. The number of ether oxygens (including phenoxy) is 1. The molecule has 0 heterocycles. The quantitative estimate of drug-likeness (QED) is 0.526. The number of phenolic OH excluding ortho intramolecular Hbond substituents is 1. The highest BCUT2D eigenvalue weighted by molar-refractivity contribution is 5.79. The maximum atomic E-state index is 13.1. The normalized spacial score (nSPS) is 16.6. The van der Waals surface area contributed by atoms with Gasteiger partial charge in [-0.3, -0.25) is 9.69 Å². The topological polar surface area (TPSA) is 61.8 Å². The minimum atomic E-state index is -0.182. The van der Waals surface area contributed by atoms with E-state index in [1.54, 1.807) is 7.11 Å². The minimum Gasteiger partial charge on any atom is -0.507 e. The van der Waals surface area contributed by atoms with Crippen molar-refractivity contribution < 1.29 is 14.6 Å². The number of nitrogens with one attached hydrogen (secondary N) is 1. The van der Waals surface area contributed by atoms with E-state index in [0.29, 0.717) is 12.3 Å². The van der Waals surface area contributed by atoms with Crippen molar-refractivity contribution >= 4 is 5.91 Å². The van der Waals surface area contributed by atoms with Crippen molar-refractivity contribution in [2.75, 3.05) is 26.7 Å². The molecule has 0 bridgehead atoms. The third-order valence-electron chi connectivity index (χ3n) is 6.85. The van der Waals surface area contributed by atoms with E-state index in [2.05, 4.69) is 50.0 Å². The van der Waals surface area contributed by atoms with Crippen LogP contribution in [-0.4, -0.2) is 42.7 Å². The molecule has 0 aliphatic heterocycles. The molecule has 5 nitrogen and oxygen atoms in total. The van der Waals surface area contributed by atoms with E-state index in [1.807, 2.05) is 25.1 Å². The first kappa shape index (κ1) is 25.1. The van der Waals surface area contributed by atoms with E-state index < -0.39 is 0 Å². The van der Waals surface area contributed by atoms with Crippen LogP contribution in [0.2, 0.25) is 0 Å². The summed E-state index contributed by atoms with van der Waals surface area (Å²) in [6.45, 7) is 12.6. The Kier molecular flexibility index (Phi) is 8.06. The number of aromatic hydroxyl groups is 1. The van der Waals surface area contributed by atoms with Crippen LogP contribution >= 0.6 is 0 Å². The number of hydrogen-bond donors (Lipinski definition) is 2. The molecule has 0 saturated heterocycles. The van der Waals surface area contributed by atoms with Crippen LogP contribution in [0, 0.1) is 19.3 Å². The molecule has 2 aromatic carbocycles. The maximum Gasteiger partial charge on any atom is 0.234 e. The molecule has 1 aliphatic carbocycles. The molecule has 2 N–H and O–H groups in total. The number of nitrogens with zero attached hydrogens (tertiary/aromatic N) is 1. The smallest absolute Gasteiger partial charge is 0.234 e. The lowest BCUT2D eigenvalue weighted by molar-refractivity contribution is -0.123. The van der Waals surface area contributed by atoms with Crippen LogP contribution in [0.3, 0.4) is 0 Å². The van der Waals surface area contributed by atoms with Gasteiger partial charge in [0.05, 0.1) is 19.7 Å². The zero-order valence-corrected chi connectivity index (χ0v) is 21.1. The van der Waals surface area contributed by atoms with Gasteiger partial charge in [-0.2, -0.15) is 0 Å². The molecular weight excluding hydrogens is 412 g/mol. The van der Waals surface area contributed by atoms with Gasteiger partial charge >= 0.3 is 0 Å². The Labute approximate surface area is 199 Å². The Balaban J connectivity index is 1.64. The summed E-state index contributed by atoms with van der Waals surface area (Å²) in [5.74, 6) is 1.23. The first-order valence-electron chi connectivity index (χ1n) is 12.1. The zero-order chi connectivity index (χ0) is 24.2. The van der Waals surface area contributed by atoms with Gasteiger partial charge in [0, 0.05) is 5.56 Å². The molecule has 5 heteroatoms. The van der Waals surface area contributed by atoms with Crippen molar-refractivity contribution in [2.24, 2.45) is 5.41 Å². The second-order valence-corrected chi connectivity index (χ2v) is 10.1. The predicted octanol–water partition coefficient (Wildman–Crippen LogP) is 5.10. The number of carbonyl (C=O) groups excluding carboxylic acids is 1. The van der Waals surface area contributed by atoms with Gasteiger partial charge < -0.3 is 15.2 Å². The minimum absolute atomic E-state index is 0.0225. The van der Waals surface area contributed by atoms with Gasteiger partial charge in [-0.1, -0.05) is 39.0 Å². The van der Waals surface area contributed by atoms with Crippen LogP contribution < -0.4 is 10.1 Å². The summed E-state index contributed by atoms with van der Waals surface area (Å²) in [6.07, 6.45) is 3.79. The highest BCUT2D eigenvalue weighted by Crippen LogP contribution is 2.50. The van der Waals surface area contributed by atoms with Gasteiger partial charge in [-0.25, -0.2) is 0 Å². The molecule has 180 valence electrons. The number of hydrogen-bond acceptors (Lipinski definition) is 4. The van der Waals surface area contributed by atoms with Gasteiger partial charge in [-0.05, 0) is 92.4 Å². The Morgan fingerprint density at radius 3 is 2.67 bits per heavy atom. The molecule has 0 spiro atoms. The summed E-state index contributed by atoms with van der Waals surface area (Å²) in [5, 5.41) is 14.1. The van der Waals surface area contributed by atoms with Crippen molar-refractivity contribution in [3.63, 3.8) is 0 Å². The SMILES string of the molecule is CCCN(CCCc1cccc(OC)c1)CC(=O)NC1c2c(O)c(C)cc(C)c2CC1(C)C. The lowest BCUT2D eigenvalue weighted by Gasteiger charge is -2.30. The second-order valence-electron chi connectivity index (χ2n) is 10.1. The average molecular weight is 453 g/mol. The largest absolute Gasteiger partial charge is 0.507 e. The maximum absolute atomic E-state index is 13.1. The van der Waals surface area contributed by atoms with Crippen molar-refractivity contribution in [2.45, 2.75) is 66.3 Å². The average Bonchev–Trinajstić information content (AvgIpc) is 3.03. The van der Waals surface area contributed by atoms with Gasteiger partial charge in [-0.15, -0.1) is 0 Å². The second kappa shape index (κ2) is 10.6. The number of fused-ring (bicyclic) bond motifs is 1. The summed E-state index contributed by atoms with van der Waals surface area (Å²) < 4.78 is 5.32. The summed E-state index contributed by atoms with van der Waals surface area (Å²) in [6, 6.07) is 10.0. The number of aryl methyl sites for hydroxylation is 3. The van der Waals surface area contributed by atoms with Crippen LogP contribution in [0.15, 0.2) is 30.3 Å². The molecule has 0 saturated carbocycles. The van der Waals surface area contributed by atoms with Crippen molar-refractivity contribution in [1.82, 2.24) is 10.2 Å². The highest BCUT2D eigenvalue weighted by atomic mass is 16.5. The van der Waals surface area contributed by atoms with Crippen molar-refractivity contribution in [3.8, 4) is 11.5 Å². The molecule has 33 heavy (non-hydrogen) atoms. The molecule has 0 aromatic heterocycles. The first-order valence-corrected chi connectivity index (χ1v) is 12.1. The summed E-state index contributed by atoms with van der Waals surface area (Å²) in [7, 11) is 1.69. The van der Waals surface area contributed by atoms with Gasteiger partial charge in [0.1, 0.15) is 11.5 Å². The summed E-state index contributed by atoms with van der Waals surface area (Å²) >= 11 is 0. The Hall–Kier alpha value is -2.53. The molecule has 1 amide bonds. The van der Waals surface area contributed by atoms with E-state index in [0.717, 1.165) is 55.6 Å².